The SMILES string of the molecule is CCNC(=NCc1ccc(-n2nc(C)cc2C)nc1)NCCC(OCC)C(C)C.I. The molecule has 1 unspecified atom stereocenters. The van der Waals surface area contributed by atoms with Gasteiger partial charge >= 0.3 is 0 Å². The van der Waals surface area contributed by atoms with Gasteiger partial charge in [-0.15, -0.1) is 24.0 Å². The predicted octanol–water partition coefficient (Wildman–Crippen LogP) is 4.01. The van der Waals surface area contributed by atoms with Crippen LogP contribution in [0.3, 0.4) is 0 Å². The van der Waals surface area contributed by atoms with Crippen molar-refractivity contribution in [2.45, 2.75) is 60.6 Å². The Morgan fingerprint density at radius 2 is 1.97 bits per heavy atom. The van der Waals surface area contributed by atoms with E-state index in [-0.39, 0.29) is 30.1 Å². The lowest BCUT2D eigenvalue weighted by Gasteiger charge is -2.21. The monoisotopic (exact) mass is 528 g/mol. The molecule has 168 valence electrons. The van der Waals surface area contributed by atoms with Crippen molar-refractivity contribution in [3.8, 4) is 5.82 Å². The van der Waals surface area contributed by atoms with Crippen molar-refractivity contribution >= 4 is 29.9 Å². The van der Waals surface area contributed by atoms with Gasteiger partial charge in [0.05, 0.1) is 18.3 Å². The normalized spacial score (nSPS) is 12.6. The molecule has 2 heterocycles. The summed E-state index contributed by atoms with van der Waals surface area (Å²) in [6, 6.07) is 6.08. The Labute approximate surface area is 198 Å². The molecule has 0 bridgehead atoms. The molecule has 0 aromatic carbocycles. The molecular formula is C22H37IN6O. The van der Waals surface area contributed by atoms with Gasteiger partial charge in [0, 0.05) is 31.6 Å². The summed E-state index contributed by atoms with van der Waals surface area (Å²) in [5.41, 5.74) is 3.12. The van der Waals surface area contributed by atoms with E-state index in [1.807, 2.05) is 43.8 Å². The third-order valence-corrected chi connectivity index (χ3v) is 4.65. The molecule has 0 saturated carbocycles. The number of aliphatic imine (C=N–C) groups is 1. The molecule has 1 atom stereocenters. The Morgan fingerprint density at radius 3 is 2.50 bits per heavy atom. The molecule has 30 heavy (non-hydrogen) atoms. The second-order valence-electron chi connectivity index (χ2n) is 7.51. The Bertz CT molecular complexity index is 772. The summed E-state index contributed by atoms with van der Waals surface area (Å²) in [5, 5.41) is 11.2. The van der Waals surface area contributed by atoms with Crippen molar-refractivity contribution in [2.24, 2.45) is 10.9 Å². The van der Waals surface area contributed by atoms with E-state index in [1.165, 1.54) is 0 Å². The number of rotatable bonds is 10. The fraction of sp³-hybridized carbons (Fsp3) is 0.591. The molecule has 0 radical (unpaired) electrons. The van der Waals surface area contributed by atoms with Gasteiger partial charge in [0.25, 0.3) is 0 Å². The number of halogens is 1. The van der Waals surface area contributed by atoms with E-state index in [0.717, 1.165) is 54.8 Å². The van der Waals surface area contributed by atoms with E-state index in [9.17, 15) is 0 Å². The number of pyridine rings is 1. The Morgan fingerprint density at radius 1 is 1.20 bits per heavy atom. The zero-order valence-electron chi connectivity index (χ0n) is 19.1. The van der Waals surface area contributed by atoms with E-state index in [0.29, 0.717) is 12.5 Å². The van der Waals surface area contributed by atoms with Crippen molar-refractivity contribution in [1.82, 2.24) is 25.4 Å². The van der Waals surface area contributed by atoms with Gasteiger partial charge in [-0.3, -0.25) is 0 Å². The van der Waals surface area contributed by atoms with Crippen molar-refractivity contribution in [3.63, 3.8) is 0 Å². The highest BCUT2D eigenvalue weighted by molar-refractivity contribution is 14.0. The molecule has 2 rings (SSSR count). The van der Waals surface area contributed by atoms with Gasteiger partial charge in [0.2, 0.25) is 0 Å². The molecule has 0 aliphatic rings. The standard InChI is InChI=1S/C22H36N6O.HI/c1-7-23-22(24-12-11-20(16(3)4)29-8-2)26-15-19-9-10-21(25-14-19)28-18(6)13-17(5)27-28;/h9-10,13-14,16,20H,7-8,11-12,15H2,1-6H3,(H2,23,24,26);1H. The summed E-state index contributed by atoms with van der Waals surface area (Å²) >= 11 is 0. The maximum atomic E-state index is 5.82. The largest absolute Gasteiger partial charge is 0.378 e. The van der Waals surface area contributed by atoms with Crippen LogP contribution in [-0.4, -0.2) is 46.5 Å². The molecule has 2 N–H and O–H groups in total. The van der Waals surface area contributed by atoms with Gasteiger partial charge in [-0.25, -0.2) is 14.7 Å². The van der Waals surface area contributed by atoms with Crippen LogP contribution >= 0.6 is 24.0 Å². The molecular weight excluding hydrogens is 491 g/mol. The first-order valence-corrected chi connectivity index (χ1v) is 10.6. The summed E-state index contributed by atoms with van der Waals surface area (Å²) < 4.78 is 7.68. The number of ether oxygens (including phenoxy) is 1. The summed E-state index contributed by atoms with van der Waals surface area (Å²) in [4.78, 5) is 9.23. The number of aryl methyl sites for hydroxylation is 2. The maximum absolute atomic E-state index is 5.82. The van der Waals surface area contributed by atoms with Crippen LogP contribution in [0.5, 0.6) is 0 Å². The third-order valence-electron chi connectivity index (χ3n) is 4.65. The van der Waals surface area contributed by atoms with E-state index < -0.39 is 0 Å². The molecule has 0 aliphatic heterocycles. The summed E-state index contributed by atoms with van der Waals surface area (Å²) in [7, 11) is 0. The molecule has 0 fully saturated rings. The van der Waals surface area contributed by atoms with Gasteiger partial charge in [-0.1, -0.05) is 19.9 Å². The average molecular weight is 528 g/mol. The zero-order valence-corrected chi connectivity index (χ0v) is 21.4. The quantitative estimate of drug-likeness (QED) is 0.277. The fourth-order valence-electron chi connectivity index (χ4n) is 3.16. The molecule has 8 heteroatoms. The molecule has 7 nitrogen and oxygen atoms in total. The smallest absolute Gasteiger partial charge is 0.191 e. The number of guanidine groups is 1. The summed E-state index contributed by atoms with van der Waals surface area (Å²) in [6.45, 7) is 15.5. The van der Waals surface area contributed by atoms with Crippen LogP contribution in [0.15, 0.2) is 29.4 Å². The van der Waals surface area contributed by atoms with Crippen molar-refractivity contribution in [3.05, 3.63) is 41.3 Å². The number of hydrogen-bond donors (Lipinski definition) is 2. The first-order chi connectivity index (χ1) is 13.9. The lowest BCUT2D eigenvalue weighted by atomic mass is 10.0. The zero-order chi connectivity index (χ0) is 21.2. The number of aromatic nitrogens is 3. The van der Waals surface area contributed by atoms with Crippen LogP contribution < -0.4 is 10.6 Å². The van der Waals surface area contributed by atoms with E-state index in [2.05, 4.69) is 52.5 Å². The van der Waals surface area contributed by atoms with Crippen LogP contribution in [0.25, 0.3) is 5.82 Å². The molecule has 2 aromatic rings. The van der Waals surface area contributed by atoms with Crippen LogP contribution in [-0.2, 0) is 11.3 Å². The highest BCUT2D eigenvalue weighted by Gasteiger charge is 2.13. The fourth-order valence-corrected chi connectivity index (χ4v) is 3.16. The minimum Gasteiger partial charge on any atom is -0.378 e. The Hall–Kier alpha value is -1.68. The van der Waals surface area contributed by atoms with Crippen LogP contribution in [0.1, 0.15) is 51.1 Å². The minimum absolute atomic E-state index is 0. The van der Waals surface area contributed by atoms with Gasteiger partial charge in [0.15, 0.2) is 11.8 Å². The van der Waals surface area contributed by atoms with Crippen LogP contribution in [0.2, 0.25) is 0 Å². The highest BCUT2D eigenvalue weighted by atomic mass is 127. The van der Waals surface area contributed by atoms with Gasteiger partial charge in [-0.2, -0.15) is 5.10 Å². The maximum Gasteiger partial charge on any atom is 0.191 e. The van der Waals surface area contributed by atoms with Gasteiger partial charge < -0.3 is 15.4 Å². The Kier molecular flexibility index (Phi) is 11.9. The number of nitrogens with one attached hydrogen (secondary N) is 2. The molecule has 0 saturated heterocycles. The Balaban J connectivity index is 0.00000450. The second kappa shape index (κ2) is 13.6. The van der Waals surface area contributed by atoms with E-state index >= 15 is 0 Å². The predicted molar refractivity (Wildman–Crippen MR) is 134 cm³/mol. The van der Waals surface area contributed by atoms with E-state index in [4.69, 9.17) is 4.74 Å². The first kappa shape index (κ1) is 26.4. The van der Waals surface area contributed by atoms with Gasteiger partial charge in [-0.05, 0) is 57.7 Å². The van der Waals surface area contributed by atoms with Crippen LogP contribution in [0.4, 0.5) is 0 Å². The van der Waals surface area contributed by atoms with Crippen molar-refractivity contribution < 1.29 is 4.74 Å². The van der Waals surface area contributed by atoms with Crippen LogP contribution in [0, 0.1) is 19.8 Å². The average Bonchev–Trinajstić information content (AvgIpc) is 3.03. The number of hydrogen-bond acceptors (Lipinski definition) is 4. The molecule has 0 aliphatic carbocycles. The lowest BCUT2D eigenvalue weighted by Crippen LogP contribution is -2.39. The third kappa shape index (κ3) is 8.22. The highest BCUT2D eigenvalue weighted by Crippen LogP contribution is 2.11. The lowest BCUT2D eigenvalue weighted by molar-refractivity contribution is 0.0258. The van der Waals surface area contributed by atoms with Crippen molar-refractivity contribution in [1.29, 1.82) is 0 Å². The van der Waals surface area contributed by atoms with Gasteiger partial charge in [0.1, 0.15) is 0 Å². The summed E-state index contributed by atoms with van der Waals surface area (Å²) in [6.07, 6.45) is 3.08. The topological polar surface area (TPSA) is 76.4 Å². The first-order valence-electron chi connectivity index (χ1n) is 10.6. The molecule has 0 spiro atoms. The van der Waals surface area contributed by atoms with E-state index in [1.54, 1.807) is 0 Å². The number of nitrogens with zero attached hydrogens (tertiary/aromatic N) is 4. The van der Waals surface area contributed by atoms with Crippen molar-refractivity contribution in [2.75, 3.05) is 19.7 Å². The molecule has 0 amide bonds. The molecule has 2 aromatic heterocycles. The minimum atomic E-state index is 0. The second-order valence-corrected chi connectivity index (χ2v) is 7.51. The summed E-state index contributed by atoms with van der Waals surface area (Å²) in [5.74, 6) is 2.14.